The summed E-state index contributed by atoms with van der Waals surface area (Å²) in [6, 6.07) is 2.08. The maximum atomic E-state index is 12.8. The molecule has 7 nitrogen and oxygen atoms in total. The van der Waals surface area contributed by atoms with Crippen molar-refractivity contribution in [2.45, 2.75) is 84.5 Å². The maximum Gasteiger partial charge on any atom is 0.339 e. The third-order valence-corrected chi connectivity index (χ3v) is 9.61. The van der Waals surface area contributed by atoms with E-state index in [1.54, 1.807) is 18.4 Å². The Bertz CT molecular complexity index is 1080. The molecule has 1 spiro atoms. The third-order valence-electron chi connectivity index (χ3n) is 8.06. The molecule has 0 unspecified atom stereocenters. The SMILES string of the molecule is COC(=O)c1c(CCCNCc2c(C)cc(C)nc2OC)sc([C@H](C)C2CCC3(CC2)OCCO3)c1C. The highest BCUT2D eigenvalue weighted by Crippen LogP contribution is 2.46. The van der Waals surface area contributed by atoms with Gasteiger partial charge in [-0.25, -0.2) is 9.78 Å². The zero-order valence-electron chi connectivity index (χ0n) is 23.2. The van der Waals surface area contributed by atoms with E-state index in [0.717, 1.165) is 72.3 Å². The van der Waals surface area contributed by atoms with E-state index in [1.165, 1.54) is 17.6 Å². The number of nitrogens with zero attached hydrogens (tertiary/aromatic N) is 1. The van der Waals surface area contributed by atoms with Gasteiger partial charge in [0.1, 0.15) is 0 Å². The predicted octanol–water partition coefficient (Wildman–Crippen LogP) is 5.62. The van der Waals surface area contributed by atoms with Crippen LogP contribution in [0, 0.1) is 26.7 Å². The van der Waals surface area contributed by atoms with Gasteiger partial charge in [-0.15, -0.1) is 11.3 Å². The molecule has 0 aromatic carbocycles. The molecule has 1 N–H and O–H groups in total. The van der Waals surface area contributed by atoms with E-state index < -0.39 is 0 Å². The highest BCUT2D eigenvalue weighted by atomic mass is 32.1. The molecule has 2 aromatic rings. The Labute approximate surface area is 225 Å². The van der Waals surface area contributed by atoms with Crippen molar-refractivity contribution in [3.8, 4) is 5.88 Å². The number of carbonyl (C=O) groups excluding carboxylic acids is 1. The first-order chi connectivity index (χ1) is 17.8. The quantitative estimate of drug-likeness (QED) is 0.315. The molecular weight excluding hydrogens is 488 g/mol. The number of thiophene rings is 1. The number of esters is 1. The molecule has 0 radical (unpaired) electrons. The normalized spacial score (nSPS) is 18.3. The predicted molar refractivity (Wildman–Crippen MR) is 146 cm³/mol. The summed E-state index contributed by atoms with van der Waals surface area (Å²) in [7, 11) is 3.14. The average molecular weight is 531 g/mol. The molecular formula is C29H42N2O5S. The molecule has 8 heteroatoms. The molecule has 1 atom stereocenters. The molecule has 1 saturated heterocycles. The van der Waals surface area contributed by atoms with E-state index in [1.807, 2.05) is 6.92 Å². The van der Waals surface area contributed by atoms with Crippen LogP contribution in [-0.4, -0.2) is 50.7 Å². The van der Waals surface area contributed by atoms with Gasteiger partial charge in [0.15, 0.2) is 5.79 Å². The van der Waals surface area contributed by atoms with Crippen molar-refractivity contribution in [1.29, 1.82) is 0 Å². The van der Waals surface area contributed by atoms with Crippen molar-refractivity contribution in [2.24, 2.45) is 5.92 Å². The van der Waals surface area contributed by atoms with Crippen LogP contribution in [0.25, 0.3) is 0 Å². The van der Waals surface area contributed by atoms with Crippen molar-refractivity contribution in [1.82, 2.24) is 10.3 Å². The second kappa shape index (κ2) is 12.2. The van der Waals surface area contributed by atoms with Crippen LogP contribution in [0.15, 0.2) is 6.07 Å². The summed E-state index contributed by atoms with van der Waals surface area (Å²) >= 11 is 1.80. The lowest BCUT2D eigenvalue weighted by molar-refractivity contribution is -0.183. The van der Waals surface area contributed by atoms with E-state index in [4.69, 9.17) is 18.9 Å². The van der Waals surface area contributed by atoms with Crippen LogP contribution >= 0.6 is 11.3 Å². The number of pyridine rings is 1. The number of hydrogen-bond donors (Lipinski definition) is 1. The van der Waals surface area contributed by atoms with Crippen LogP contribution in [0.2, 0.25) is 0 Å². The fourth-order valence-corrected chi connectivity index (χ4v) is 7.44. The van der Waals surface area contributed by atoms with Gasteiger partial charge in [-0.05, 0) is 82.0 Å². The topological polar surface area (TPSA) is 78.9 Å². The number of aryl methyl sites for hydroxylation is 3. The Kier molecular flexibility index (Phi) is 9.27. The third kappa shape index (κ3) is 6.19. The summed E-state index contributed by atoms with van der Waals surface area (Å²) in [6.07, 6.45) is 5.85. The molecule has 2 aliphatic rings. The van der Waals surface area contributed by atoms with Crippen molar-refractivity contribution < 1.29 is 23.7 Å². The Morgan fingerprint density at radius 1 is 1.22 bits per heavy atom. The van der Waals surface area contributed by atoms with Gasteiger partial charge < -0.3 is 24.3 Å². The number of aromatic nitrogens is 1. The smallest absolute Gasteiger partial charge is 0.339 e. The zero-order valence-corrected chi connectivity index (χ0v) is 24.0. The summed E-state index contributed by atoms with van der Waals surface area (Å²) in [6.45, 7) is 11.4. The minimum absolute atomic E-state index is 0.225. The number of nitrogens with one attached hydrogen (secondary N) is 1. The fraction of sp³-hybridized carbons (Fsp3) is 0.655. The standard InChI is InChI=1S/C29H42N2O5S/c1-18-16-19(2)31-27(33-5)23(18)17-30-13-7-8-24-25(28(32)34-6)21(4)26(37-24)20(3)22-9-11-29(12-10-22)35-14-15-36-29/h16,20,22,30H,7-15,17H2,1-6H3/t20-/m1/s1. The lowest BCUT2D eigenvalue weighted by Crippen LogP contribution is -2.36. The monoisotopic (exact) mass is 530 g/mol. The number of hydrogen-bond acceptors (Lipinski definition) is 8. The Hall–Kier alpha value is -2.00. The number of methoxy groups -OCH3 is 2. The van der Waals surface area contributed by atoms with Crippen LogP contribution in [0.3, 0.4) is 0 Å². The minimum Gasteiger partial charge on any atom is -0.481 e. The van der Waals surface area contributed by atoms with Gasteiger partial charge in [0, 0.05) is 40.4 Å². The molecule has 0 bridgehead atoms. The van der Waals surface area contributed by atoms with E-state index in [2.05, 4.69) is 37.1 Å². The fourth-order valence-electron chi connectivity index (χ4n) is 5.95. The Morgan fingerprint density at radius 2 is 1.92 bits per heavy atom. The van der Waals surface area contributed by atoms with Gasteiger partial charge >= 0.3 is 5.97 Å². The van der Waals surface area contributed by atoms with Gasteiger partial charge in [-0.1, -0.05) is 6.92 Å². The molecule has 1 aliphatic heterocycles. The van der Waals surface area contributed by atoms with Gasteiger partial charge in [0.05, 0.1) is 33.0 Å². The van der Waals surface area contributed by atoms with Crippen LogP contribution in [-0.2, 0) is 27.2 Å². The van der Waals surface area contributed by atoms with Crippen molar-refractivity contribution in [3.63, 3.8) is 0 Å². The van der Waals surface area contributed by atoms with E-state index in [9.17, 15) is 4.79 Å². The van der Waals surface area contributed by atoms with Gasteiger partial charge in [0.25, 0.3) is 0 Å². The second-order valence-electron chi connectivity index (χ2n) is 10.5. The summed E-state index contributed by atoms with van der Waals surface area (Å²) < 4.78 is 22.5. The van der Waals surface area contributed by atoms with Gasteiger partial charge in [0.2, 0.25) is 5.88 Å². The van der Waals surface area contributed by atoms with Crippen LogP contribution < -0.4 is 10.1 Å². The molecule has 1 saturated carbocycles. The van der Waals surface area contributed by atoms with Crippen LogP contribution in [0.5, 0.6) is 5.88 Å². The molecule has 4 rings (SSSR count). The summed E-state index contributed by atoms with van der Waals surface area (Å²) in [5.74, 6) is 1.08. The molecule has 3 heterocycles. The number of carbonyl (C=O) groups is 1. The average Bonchev–Trinajstić information content (AvgIpc) is 3.48. The van der Waals surface area contributed by atoms with Crippen LogP contribution in [0.4, 0.5) is 0 Å². The maximum absolute atomic E-state index is 12.8. The zero-order chi connectivity index (χ0) is 26.6. The molecule has 2 aromatic heterocycles. The number of ether oxygens (including phenoxy) is 4. The molecule has 37 heavy (non-hydrogen) atoms. The van der Waals surface area contributed by atoms with Crippen molar-refractivity contribution >= 4 is 17.3 Å². The lowest BCUT2D eigenvalue weighted by Gasteiger charge is -2.37. The van der Waals surface area contributed by atoms with E-state index >= 15 is 0 Å². The Balaban J connectivity index is 1.38. The summed E-state index contributed by atoms with van der Waals surface area (Å²) in [5, 5.41) is 3.53. The van der Waals surface area contributed by atoms with Gasteiger partial charge in [-0.3, -0.25) is 0 Å². The number of rotatable bonds is 10. The largest absolute Gasteiger partial charge is 0.481 e. The minimum atomic E-state index is -0.340. The first-order valence-corrected chi connectivity index (χ1v) is 14.3. The highest BCUT2D eigenvalue weighted by molar-refractivity contribution is 7.12. The van der Waals surface area contributed by atoms with Crippen molar-refractivity contribution in [3.05, 3.63) is 43.8 Å². The van der Waals surface area contributed by atoms with E-state index in [0.29, 0.717) is 37.5 Å². The van der Waals surface area contributed by atoms with Crippen LogP contribution in [0.1, 0.15) is 87.4 Å². The molecule has 2 fully saturated rings. The molecule has 1 aliphatic carbocycles. The van der Waals surface area contributed by atoms with Gasteiger partial charge in [-0.2, -0.15) is 0 Å². The summed E-state index contributed by atoms with van der Waals surface area (Å²) in [5.41, 5.74) is 5.09. The summed E-state index contributed by atoms with van der Waals surface area (Å²) in [4.78, 5) is 19.7. The lowest BCUT2D eigenvalue weighted by atomic mass is 9.77. The second-order valence-corrected chi connectivity index (χ2v) is 11.6. The molecule has 204 valence electrons. The first-order valence-electron chi connectivity index (χ1n) is 13.5. The van der Waals surface area contributed by atoms with Crippen molar-refractivity contribution in [2.75, 3.05) is 34.0 Å². The first kappa shape index (κ1) is 28.0. The highest BCUT2D eigenvalue weighted by Gasteiger charge is 2.42. The Morgan fingerprint density at radius 3 is 2.57 bits per heavy atom. The molecule has 0 amide bonds. The van der Waals surface area contributed by atoms with E-state index in [-0.39, 0.29) is 11.8 Å².